The third-order valence-corrected chi connectivity index (χ3v) is 2.79. The van der Waals surface area contributed by atoms with Crippen LogP contribution >= 0.6 is 0 Å². The van der Waals surface area contributed by atoms with Crippen molar-refractivity contribution in [1.82, 2.24) is 15.3 Å². The van der Waals surface area contributed by atoms with Gasteiger partial charge in [-0.15, -0.1) is 0 Å². The van der Waals surface area contributed by atoms with Crippen LogP contribution in [0.3, 0.4) is 0 Å². The highest BCUT2D eigenvalue weighted by molar-refractivity contribution is 5.92. The van der Waals surface area contributed by atoms with Crippen molar-refractivity contribution in [3.63, 3.8) is 0 Å². The Morgan fingerprint density at radius 2 is 1.89 bits per heavy atom. The number of aromatic nitrogens is 2. The zero-order valence-corrected chi connectivity index (χ0v) is 11.2. The van der Waals surface area contributed by atoms with E-state index in [0.29, 0.717) is 5.69 Å². The topological polar surface area (TPSA) is 58.1 Å². The summed E-state index contributed by atoms with van der Waals surface area (Å²) in [6, 6.07) is 0. The average Bonchev–Trinajstić information content (AvgIpc) is 2.80. The first-order valence-electron chi connectivity index (χ1n) is 6.35. The number of carbonyl (C=O) groups excluding carboxylic acids is 1. The highest BCUT2D eigenvalue weighted by Crippen LogP contribution is 2.16. The molecule has 0 bridgehead atoms. The van der Waals surface area contributed by atoms with Gasteiger partial charge in [0.15, 0.2) is 0 Å². The summed E-state index contributed by atoms with van der Waals surface area (Å²) in [6.07, 6.45) is 5.64. The third kappa shape index (κ3) is 3.18. The molecule has 0 aromatic carbocycles. The van der Waals surface area contributed by atoms with Crippen LogP contribution in [0.5, 0.6) is 0 Å². The maximum atomic E-state index is 11.9. The molecule has 1 N–H and O–H groups in total. The summed E-state index contributed by atoms with van der Waals surface area (Å²) in [6.45, 7) is 7.88. The van der Waals surface area contributed by atoms with Gasteiger partial charge in [-0.05, 0) is 33.6 Å². The molecule has 1 fully saturated rings. The lowest BCUT2D eigenvalue weighted by atomic mass is 10.1. The van der Waals surface area contributed by atoms with Crippen LogP contribution in [-0.4, -0.2) is 34.5 Å². The largest absolute Gasteiger partial charge is 0.355 e. The van der Waals surface area contributed by atoms with Gasteiger partial charge in [-0.3, -0.25) is 4.79 Å². The van der Waals surface area contributed by atoms with Gasteiger partial charge in [-0.25, -0.2) is 9.97 Å². The summed E-state index contributed by atoms with van der Waals surface area (Å²) in [5.74, 6) is 0.683. The van der Waals surface area contributed by atoms with Crippen molar-refractivity contribution in [1.29, 1.82) is 0 Å². The van der Waals surface area contributed by atoms with E-state index >= 15 is 0 Å². The number of carbonyl (C=O) groups is 1. The number of amides is 1. The van der Waals surface area contributed by atoms with Crippen molar-refractivity contribution in [2.45, 2.75) is 39.2 Å². The number of hydrogen-bond acceptors (Lipinski definition) is 4. The zero-order valence-electron chi connectivity index (χ0n) is 11.2. The van der Waals surface area contributed by atoms with Crippen molar-refractivity contribution in [3.8, 4) is 0 Å². The lowest BCUT2D eigenvalue weighted by Crippen LogP contribution is -2.41. The van der Waals surface area contributed by atoms with Crippen molar-refractivity contribution in [3.05, 3.63) is 18.1 Å². The summed E-state index contributed by atoms with van der Waals surface area (Å²) in [4.78, 5) is 22.6. The van der Waals surface area contributed by atoms with Crippen molar-refractivity contribution >= 4 is 11.7 Å². The van der Waals surface area contributed by atoms with Crippen LogP contribution in [0, 0.1) is 0 Å². The van der Waals surface area contributed by atoms with Crippen molar-refractivity contribution in [2.75, 3.05) is 18.0 Å². The lowest BCUT2D eigenvalue weighted by molar-refractivity contribution is 0.0914. The van der Waals surface area contributed by atoms with Crippen molar-refractivity contribution < 1.29 is 4.79 Å². The Balaban J connectivity index is 2.05. The molecule has 0 aliphatic carbocycles. The molecule has 0 saturated carbocycles. The molecule has 18 heavy (non-hydrogen) atoms. The van der Waals surface area contributed by atoms with E-state index in [4.69, 9.17) is 0 Å². The molecule has 5 heteroatoms. The second-order valence-corrected chi connectivity index (χ2v) is 5.66. The first-order chi connectivity index (χ1) is 8.46. The minimum absolute atomic E-state index is 0.178. The van der Waals surface area contributed by atoms with Gasteiger partial charge < -0.3 is 10.2 Å². The van der Waals surface area contributed by atoms with Gasteiger partial charge in [-0.2, -0.15) is 0 Å². The highest BCUT2D eigenvalue weighted by atomic mass is 16.2. The van der Waals surface area contributed by atoms with E-state index < -0.39 is 0 Å². The average molecular weight is 248 g/mol. The second kappa shape index (κ2) is 4.92. The molecule has 1 amide bonds. The summed E-state index contributed by atoms with van der Waals surface area (Å²) >= 11 is 0. The van der Waals surface area contributed by atoms with Gasteiger partial charge in [0.05, 0.1) is 12.4 Å². The molecule has 0 atom stereocenters. The Hall–Kier alpha value is -1.65. The van der Waals surface area contributed by atoms with E-state index in [-0.39, 0.29) is 11.4 Å². The standard InChI is InChI=1S/C13H20N4O/c1-13(2,3)16-12(18)10-8-15-11(9-14-10)17-6-4-5-7-17/h8-9H,4-7H2,1-3H3,(H,16,18). The Morgan fingerprint density at radius 1 is 1.22 bits per heavy atom. The molecule has 0 spiro atoms. The van der Waals surface area contributed by atoms with E-state index in [1.807, 2.05) is 20.8 Å². The molecule has 2 rings (SSSR count). The third-order valence-electron chi connectivity index (χ3n) is 2.79. The Kier molecular flexibility index (Phi) is 3.50. The van der Waals surface area contributed by atoms with Crippen LogP contribution in [0.4, 0.5) is 5.82 Å². The fraction of sp³-hybridized carbons (Fsp3) is 0.615. The molecule has 0 unspecified atom stereocenters. The molecule has 2 heterocycles. The van der Waals surface area contributed by atoms with Gasteiger partial charge in [0.1, 0.15) is 11.5 Å². The van der Waals surface area contributed by atoms with Crippen LogP contribution in [-0.2, 0) is 0 Å². The van der Waals surface area contributed by atoms with Gasteiger partial charge in [-0.1, -0.05) is 0 Å². The maximum absolute atomic E-state index is 11.9. The summed E-state index contributed by atoms with van der Waals surface area (Å²) < 4.78 is 0. The van der Waals surface area contributed by atoms with E-state index in [0.717, 1.165) is 18.9 Å². The van der Waals surface area contributed by atoms with Gasteiger partial charge in [0.25, 0.3) is 5.91 Å². The van der Waals surface area contributed by atoms with Gasteiger partial charge >= 0.3 is 0 Å². The zero-order chi connectivity index (χ0) is 13.2. The molecular formula is C13H20N4O. The van der Waals surface area contributed by atoms with Crippen LogP contribution in [0.15, 0.2) is 12.4 Å². The Bertz CT molecular complexity index is 416. The van der Waals surface area contributed by atoms with E-state index in [1.165, 1.54) is 12.8 Å². The Morgan fingerprint density at radius 3 is 2.39 bits per heavy atom. The number of nitrogens with zero attached hydrogens (tertiary/aromatic N) is 3. The predicted molar refractivity (Wildman–Crippen MR) is 70.7 cm³/mol. The van der Waals surface area contributed by atoms with E-state index in [9.17, 15) is 4.79 Å². The summed E-state index contributed by atoms with van der Waals surface area (Å²) in [5, 5.41) is 2.87. The first kappa shape index (κ1) is 12.8. The molecule has 1 saturated heterocycles. The van der Waals surface area contributed by atoms with Crippen LogP contribution in [0.1, 0.15) is 44.1 Å². The van der Waals surface area contributed by atoms with E-state index in [2.05, 4.69) is 20.2 Å². The molecule has 1 aromatic rings. The molecule has 0 radical (unpaired) electrons. The molecule has 1 aromatic heterocycles. The monoisotopic (exact) mass is 248 g/mol. The van der Waals surface area contributed by atoms with Crippen molar-refractivity contribution in [2.24, 2.45) is 0 Å². The predicted octanol–water partition coefficient (Wildman–Crippen LogP) is 1.61. The smallest absolute Gasteiger partial charge is 0.271 e. The molecule has 1 aliphatic heterocycles. The highest BCUT2D eigenvalue weighted by Gasteiger charge is 2.18. The number of nitrogens with one attached hydrogen (secondary N) is 1. The SMILES string of the molecule is CC(C)(C)NC(=O)c1cnc(N2CCCC2)cn1. The van der Waals surface area contributed by atoms with Crippen LogP contribution in [0.2, 0.25) is 0 Å². The van der Waals surface area contributed by atoms with E-state index in [1.54, 1.807) is 12.4 Å². The molecule has 1 aliphatic rings. The minimum atomic E-state index is -0.258. The number of hydrogen-bond donors (Lipinski definition) is 1. The lowest BCUT2D eigenvalue weighted by Gasteiger charge is -2.20. The summed E-state index contributed by atoms with van der Waals surface area (Å²) in [5.41, 5.74) is 0.111. The normalized spacial score (nSPS) is 15.8. The minimum Gasteiger partial charge on any atom is -0.355 e. The number of rotatable bonds is 2. The van der Waals surface area contributed by atoms with Gasteiger partial charge in [0, 0.05) is 18.6 Å². The van der Waals surface area contributed by atoms with Gasteiger partial charge in [0.2, 0.25) is 0 Å². The fourth-order valence-electron chi connectivity index (χ4n) is 1.95. The molecule has 98 valence electrons. The quantitative estimate of drug-likeness (QED) is 0.863. The molecular weight excluding hydrogens is 228 g/mol. The fourth-order valence-corrected chi connectivity index (χ4v) is 1.95. The number of anilines is 1. The first-order valence-corrected chi connectivity index (χ1v) is 6.35. The second-order valence-electron chi connectivity index (χ2n) is 5.66. The van der Waals surface area contributed by atoms with Crippen LogP contribution < -0.4 is 10.2 Å². The Labute approximate surface area is 108 Å². The summed E-state index contributed by atoms with van der Waals surface area (Å²) in [7, 11) is 0. The van der Waals surface area contributed by atoms with Crippen LogP contribution in [0.25, 0.3) is 0 Å². The maximum Gasteiger partial charge on any atom is 0.271 e. The molecule has 5 nitrogen and oxygen atoms in total.